The number of hydrogen-bond acceptors (Lipinski definition) is 2. The fourth-order valence-electron chi connectivity index (χ4n) is 1.78. The van der Waals surface area contributed by atoms with Gasteiger partial charge < -0.3 is 11.5 Å². The molecular formula is C14H14F2N2. The Morgan fingerprint density at radius 3 is 1.17 bits per heavy atom. The summed E-state index contributed by atoms with van der Waals surface area (Å²) in [5, 5.41) is 0. The van der Waals surface area contributed by atoms with E-state index in [0.29, 0.717) is 0 Å². The molecule has 0 saturated carbocycles. The van der Waals surface area contributed by atoms with Crippen LogP contribution in [-0.2, 0) is 0 Å². The predicted molar refractivity (Wildman–Crippen MR) is 66.7 cm³/mol. The lowest BCUT2D eigenvalue weighted by Crippen LogP contribution is -2.26. The van der Waals surface area contributed by atoms with Gasteiger partial charge in [-0.1, -0.05) is 24.3 Å². The molecule has 2 aromatic carbocycles. The SMILES string of the molecule is N[C@H](c1ccc(F)cc1)[C@H](N)c1ccc(F)cc1. The molecule has 2 nitrogen and oxygen atoms in total. The van der Waals surface area contributed by atoms with E-state index < -0.39 is 12.1 Å². The van der Waals surface area contributed by atoms with Gasteiger partial charge in [-0.3, -0.25) is 0 Å². The van der Waals surface area contributed by atoms with Crippen LogP contribution in [0.1, 0.15) is 23.2 Å². The molecule has 2 atom stereocenters. The average molecular weight is 248 g/mol. The van der Waals surface area contributed by atoms with E-state index in [2.05, 4.69) is 0 Å². The molecule has 0 saturated heterocycles. The second-order valence-electron chi connectivity index (χ2n) is 4.15. The van der Waals surface area contributed by atoms with Crippen molar-refractivity contribution in [3.05, 3.63) is 71.3 Å². The zero-order valence-corrected chi connectivity index (χ0v) is 9.68. The predicted octanol–water partition coefficient (Wildman–Crippen LogP) is 2.66. The van der Waals surface area contributed by atoms with Crippen molar-refractivity contribution in [3.63, 3.8) is 0 Å². The van der Waals surface area contributed by atoms with Gasteiger partial charge in [0, 0.05) is 12.1 Å². The zero-order chi connectivity index (χ0) is 13.1. The highest BCUT2D eigenvalue weighted by molar-refractivity contribution is 5.27. The van der Waals surface area contributed by atoms with Gasteiger partial charge in [0.25, 0.3) is 0 Å². The first-order valence-corrected chi connectivity index (χ1v) is 5.60. The molecule has 4 heteroatoms. The Labute approximate surface area is 104 Å². The van der Waals surface area contributed by atoms with Crippen LogP contribution in [0.5, 0.6) is 0 Å². The van der Waals surface area contributed by atoms with Crippen molar-refractivity contribution >= 4 is 0 Å². The van der Waals surface area contributed by atoms with Gasteiger partial charge in [-0.05, 0) is 35.4 Å². The molecule has 0 aliphatic rings. The van der Waals surface area contributed by atoms with Gasteiger partial charge in [0.15, 0.2) is 0 Å². The van der Waals surface area contributed by atoms with Crippen molar-refractivity contribution in [2.75, 3.05) is 0 Å². The lowest BCUT2D eigenvalue weighted by molar-refractivity contribution is 0.567. The second-order valence-corrected chi connectivity index (χ2v) is 4.15. The number of benzene rings is 2. The van der Waals surface area contributed by atoms with Crippen LogP contribution >= 0.6 is 0 Å². The van der Waals surface area contributed by atoms with E-state index in [1.807, 2.05) is 0 Å². The summed E-state index contributed by atoms with van der Waals surface area (Å²) in [4.78, 5) is 0. The summed E-state index contributed by atoms with van der Waals surface area (Å²) in [6, 6.07) is 10.8. The Morgan fingerprint density at radius 2 is 0.889 bits per heavy atom. The van der Waals surface area contributed by atoms with Crippen LogP contribution in [0, 0.1) is 11.6 Å². The van der Waals surface area contributed by atoms with Gasteiger partial charge in [-0.2, -0.15) is 0 Å². The summed E-state index contributed by atoms with van der Waals surface area (Å²) in [6.07, 6.45) is 0. The lowest BCUT2D eigenvalue weighted by atomic mass is 9.95. The van der Waals surface area contributed by atoms with E-state index in [0.717, 1.165) is 11.1 Å². The average Bonchev–Trinajstić information content (AvgIpc) is 2.39. The smallest absolute Gasteiger partial charge is 0.123 e. The molecule has 2 rings (SSSR count). The molecule has 0 aliphatic carbocycles. The topological polar surface area (TPSA) is 52.0 Å². The molecule has 0 amide bonds. The van der Waals surface area contributed by atoms with Gasteiger partial charge in [-0.25, -0.2) is 8.78 Å². The van der Waals surface area contributed by atoms with Crippen molar-refractivity contribution in [3.8, 4) is 0 Å². The molecule has 0 spiro atoms. The van der Waals surface area contributed by atoms with Crippen molar-refractivity contribution in [2.24, 2.45) is 11.5 Å². The molecule has 4 N–H and O–H groups in total. The third-order valence-electron chi connectivity index (χ3n) is 2.90. The van der Waals surface area contributed by atoms with E-state index >= 15 is 0 Å². The fourth-order valence-corrected chi connectivity index (χ4v) is 1.78. The number of hydrogen-bond donors (Lipinski definition) is 2. The van der Waals surface area contributed by atoms with Gasteiger partial charge in [0.2, 0.25) is 0 Å². The van der Waals surface area contributed by atoms with E-state index in [1.165, 1.54) is 24.3 Å². The van der Waals surface area contributed by atoms with Crippen LogP contribution in [0.4, 0.5) is 8.78 Å². The minimum atomic E-state index is -0.462. The molecular weight excluding hydrogens is 234 g/mol. The van der Waals surface area contributed by atoms with Crippen LogP contribution < -0.4 is 11.5 Å². The fraction of sp³-hybridized carbons (Fsp3) is 0.143. The third kappa shape index (κ3) is 2.72. The maximum atomic E-state index is 12.8. The third-order valence-corrected chi connectivity index (χ3v) is 2.90. The summed E-state index contributed by atoms with van der Waals surface area (Å²) >= 11 is 0. The summed E-state index contributed by atoms with van der Waals surface area (Å²) in [6.45, 7) is 0. The van der Waals surface area contributed by atoms with Crippen LogP contribution in [0.3, 0.4) is 0 Å². The number of rotatable bonds is 3. The summed E-state index contributed by atoms with van der Waals surface area (Å²) < 4.78 is 25.6. The van der Waals surface area contributed by atoms with Gasteiger partial charge in [0.1, 0.15) is 11.6 Å². The normalized spacial score (nSPS) is 14.2. The monoisotopic (exact) mass is 248 g/mol. The van der Waals surface area contributed by atoms with Crippen molar-refractivity contribution in [1.29, 1.82) is 0 Å². The Morgan fingerprint density at radius 1 is 0.611 bits per heavy atom. The number of nitrogens with two attached hydrogens (primary N) is 2. The quantitative estimate of drug-likeness (QED) is 0.877. The van der Waals surface area contributed by atoms with Crippen molar-refractivity contribution in [1.82, 2.24) is 0 Å². The maximum absolute atomic E-state index is 12.8. The Kier molecular flexibility index (Phi) is 3.69. The van der Waals surface area contributed by atoms with Crippen molar-refractivity contribution in [2.45, 2.75) is 12.1 Å². The van der Waals surface area contributed by atoms with Gasteiger partial charge >= 0.3 is 0 Å². The van der Waals surface area contributed by atoms with E-state index in [1.54, 1.807) is 24.3 Å². The van der Waals surface area contributed by atoms with Gasteiger partial charge in [0.05, 0.1) is 0 Å². The highest BCUT2D eigenvalue weighted by atomic mass is 19.1. The highest BCUT2D eigenvalue weighted by Crippen LogP contribution is 2.24. The van der Waals surface area contributed by atoms with Crippen LogP contribution in [-0.4, -0.2) is 0 Å². The maximum Gasteiger partial charge on any atom is 0.123 e. The molecule has 0 fully saturated rings. The standard InChI is InChI=1S/C14H14F2N2/c15-11-5-1-9(2-6-11)13(17)14(18)10-3-7-12(16)8-4-10/h1-8,13-14H,17-18H2/t13-,14-/m1/s1. The molecule has 0 heterocycles. The molecule has 18 heavy (non-hydrogen) atoms. The Balaban J connectivity index is 2.20. The minimum Gasteiger partial charge on any atom is -0.322 e. The van der Waals surface area contributed by atoms with Gasteiger partial charge in [-0.15, -0.1) is 0 Å². The molecule has 2 aromatic rings. The van der Waals surface area contributed by atoms with E-state index in [-0.39, 0.29) is 11.6 Å². The van der Waals surface area contributed by atoms with Crippen LogP contribution in [0.15, 0.2) is 48.5 Å². The highest BCUT2D eigenvalue weighted by Gasteiger charge is 2.17. The summed E-state index contributed by atoms with van der Waals surface area (Å²) in [7, 11) is 0. The molecule has 0 aliphatic heterocycles. The Hall–Kier alpha value is -1.78. The van der Waals surface area contributed by atoms with Crippen LogP contribution in [0.25, 0.3) is 0 Å². The minimum absolute atomic E-state index is 0.318. The molecule has 0 aromatic heterocycles. The molecule has 0 bridgehead atoms. The summed E-state index contributed by atoms with van der Waals surface area (Å²) in [5.74, 6) is -0.636. The van der Waals surface area contributed by atoms with Crippen LogP contribution in [0.2, 0.25) is 0 Å². The molecule has 94 valence electrons. The van der Waals surface area contributed by atoms with E-state index in [9.17, 15) is 8.78 Å². The van der Waals surface area contributed by atoms with E-state index in [4.69, 9.17) is 11.5 Å². The molecule has 0 radical (unpaired) electrons. The van der Waals surface area contributed by atoms with Crippen molar-refractivity contribution < 1.29 is 8.78 Å². The Bertz CT molecular complexity index is 459. The molecule has 0 unspecified atom stereocenters. The first-order chi connectivity index (χ1) is 8.58. The zero-order valence-electron chi connectivity index (χ0n) is 9.68. The second kappa shape index (κ2) is 5.25. The first-order valence-electron chi connectivity index (χ1n) is 5.60. The summed E-state index contributed by atoms with van der Waals surface area (Å²) in [5.41, 5.74) is 13.5. The first kappa shape index (κ1) is 12.7. The largest absolute Gasteiger partial charge is 0.322 e. The number of halogens is 2. The lowest BCUT2D eigenvalue weighted by Gasteiger charge is -2.20.